The molecule has 0 saturated carbocycles. The predicted molar refractivity (Wildman–Crippen MR) is 106 cm³/mol. The van der Waals surface area contributed by atoms with Crippen molar-refractivity contribution in [1.29, 1.82) is 0 Å². The number of amides is 2. The third-order valence-corrected chi connectivity index (χ3v) is 6.24. The van der Waals surface area contributed by atoms with E-state index in [2.05, 4.69) is 4.72 Å². The second-order valence-electron chi connectivity index (χ2n) is 8.74. The summed E-state index contributed by atoms with van der Waals surface area (Å²) in [5, 5.41) is 0. The van der Waals surface area contributed by atoms with Gasteiger partial charge in [-0.2, -0.15) is 13.2 Å². The van der Waals surface area contributed by atoms with Crippen LogP contribution in [0, 0.1) is 11.3 Å². The lowest BCUT2D eigenvalue weighted by Crippen LogP contribution is -2.44. The summed E-state index contributed by atoms with van der Waals surface area (Å²) in [6, 6.07) is 3.98. The molecule has 0 unspecified atom stereocenters. The Morgan fingerprint density at radius 2 is 1.60 bits per heavy atom. The number of likely N-dealkylation sites (tertiary alicyclic amines) is 1. The summed E-state index contributed by atoms with van der Waals surface area (Å²) in [5.41, 5.74) is -0.875. The first-order valence-corrected chi connectivity index (χ1v) is 11.3. The Labute approximate surface area is 174 Å². The number of alkyl halides is 3. The number of carbonyl (C=O) groups excluding carboxylic acids is 2. The summed E-state index contributed by atoms with van der Waals surface area (Å²) in [6.07, 6.45) is -3.49. The van der Waals surface area contributed by atoms with Crippen molar-refractivity contribution in [3.8, 4) is 0 Å². The lowest BCUT2D eigenvalue weighted by atomic mass is 9.94. The molecule has 10 heteroatoms. The maximum atomic E-state index is 12.6. The molecule has 1 saturated heterocycles. The van der Waals surface area contributed by atoms with Crippen LogP contribution in [0.4, 0.5) is 13.2 Å². The number of hydrogen-bond acceptors (Lipinski definition) is 4. The Balaban J connectivity index is 1.89. The molecule has 2 amide bonds. The number of benzene rings is 1. The number of halogens is 3. The van der Waals surface area contributed by atoms with Gasteiger partial charge in [0, 0.05) is 24.6 Å². The monoisotopic (exact) mass is 448 g/mol. The van der Waals surface area contributed by atoms with E-state index < -0.39 is 39.5 Å². The molecule has 1 aliphatic heterocycles. The largest absolute Gasteiger partial charge is 0.416 e. The molecule has 0 atom stereocenters. The van der Waals surface area contributed by atoms with Crippen molar-refractivity contribution in [3.05, 3.63) is 35.4 Å². The van der Waals surface area contributed by atoms with Crippen molar-refractivity contribution in [2.75, 3.05) is 18.8 Å². The van der Waals surface area contributed by atoms with E-state index in [0.717, 1.165) is 24.3 Å². The van der Waals surface area contributed by atoms with Gasteiger partial charge in [0.25, 0.3) is 5.91 Å². The molecule has 1 aliphatic rings. The summed E-state index contributed by atoms with van der Waals surface area (Å²) in [5.74, 6) is -1.68. The zero-order valence-electron chi connectivity index (χ0n) is 17.3. The Morgan fingerprint density at radius 1 is 1.07 bits per heavy atom. The summed E-state index contributed by atoms with van der Waals surface area (Å²) in [4.78, 5) is 26.3. The highest BCUT2D eigenvalue weighted by molar-refractivity contribution is 7.90. The topological polar surface area (TPSA) is 83.6 Å². The molecule has 0 aromatic heterocycles. The average molecular weight is 449 g/mol. The van der Waals surface area contributed by atoms with Gasteiger partial charge in [0.1, 0.15) is 0 Å². The van der Waals surface area contributed by atoms with Gasteiger partial charge in [0.15, 0.2) is 0 Å². The van der Waals surface area contributed by atoms with E-state index >= 15 is 0 Å². The Morgan fingerprint density at radius 3 is 2.07 bits per heavy atom. The van der Waals surface area contributed by atoms with E-state index in [0.29, 0.717) is 6.42 Å². The van der Waals surface area contributed by atoms with Gasteiger partial charge in [-0.3, -0.25) is 14.3 Å². The first-order valence-electron chi connectivity index (χ1n) is 9.69. The van der Waals surface area contributed by atoms with Crippen LogP contribution in [0.5, 0.6) is 0 Å². The molecule has 1 fully saturated rings. The van der Waals surface area contributed by atoms with Crippen molar-refractivity contribution in [3.63, 3.8) is 0 Å². The molecular formula is C20H27F3N2O4S. The number of hydrogen-bond donors (Lipinski definition) is 1. The average Bonchev–Trinajstić information content (AvgIpc) is 2.65. The lowest BCUT2D eigenvalue weighted by molar-refractivity contribution is -0.137. The minimum atomic E-state index is -4.47. The number of nitrogens with one attached hydrogen (secondary N) is 1. The molecule has 0 bridgehead atoms. The van der Waals surface area contributed by atoms with Crippen LogP contribution in [0.15, 0.2) is 24.3 Å². The molecule has 1 aromatic carbocycles. The van der Waals surface area contributed by atoms with Crippen LogP contribution >= 0.6 is 0 Å². The third kappa shape index (κ3) is 7.00. The molecule has 30 heavy (non-hydrogen) atoms. The van der Waals surface area contributed by atoms with Gasteiger partial charge in [-0.15, -0.1) is 0 Å². The molecule has 6 nitrogen and oxygen atoms in total. The summed E-state index contributed by atoms with van der Waals surface area (Å²) in [7, 11) is -3.72. The van der Waals surface area contributed by atoms with Crippen LogP contribution in [0.25, 0.3) is 0 Å². The Bertz CT molecular complexity index is 867. The van der Waals surface area contributed by atoms with Crippen LogP contribution in [-0.4, -0.2) is 44.0 Å². The van der Waals surface area contributed by atoms with Crippen molar-refractivity contribution < 1.29 is 31.2 Å². The highest BCUT2D eigenvalue weighted by Gasteiger charge is 2.32. The van der Waals surface area contributed by atoms with E-state index in [9.17, 15) is 31.2 Å². The summed E-state index contributed by atoms with van der Waals surface area (Å²) >= 11 is 0. The quantitative estimate of drug-likeness (QED) is 0.748. The summed E-state index contributed by atoms with van der Waals surface area (Å²) in [6.45, 7) is 6.18. The standard InChI is InChI=1S/C20H27F3N2O4S/c1-19(2,3)10-13-30(28,29)24-17(26)14-8-11-25(12-9-14)18(27)15-4-6-16(7-5-15)20(21,22)23/h4-7,14H,8-13H2,1-3H3,(H,24,26). The van der Waals surface area contributed by atoms with Crippen LogP contribution in [-0.2, 0) is 21.0 Å². The van der Waals surface area contributed by atoms with E-state index in [-0.39, 0.29) is 42.7 Å². The van der Waals surface area contributed by atoms with Crippen molar-refractivity contribution in [1.82, 2.24) is 9.62 Å². The molecule has 0 radical (unpaired) electrons. The molecule has 168 valence electrons. The SMILES string of the molecule is CC(C)(C)CCS(=O)(=O)NC(=O)C1CCN(C(=O)c2ccc(C(F)(F)F)cc2)CC1. The number of piperidine rings is 1. The second-order valence-corrected chi connectivity index (χ2v) is 10.6. The van der Waals surface area contributed by atoms with Crippen molar-refractivity contribution >= 4 is 21.8 Å². The van der Waals surface area contributed by atoms with Crippen molar-refractivity contribution in [2.45, 2.75) is 46.2 Å². The first-order chi connectivity index (χ1) is 13.7. The Hall–Kier alpha value is -2.10. The molecule has 0 aliphatic carbocycles. The fraction of sp³-hybridized carbons (Fsp3) is 0.600. The number of nitrogens with zero attached hydrogens (tertiary/aromatic N) is 1. The third-order valence-electron chi connectivity index (χ3n) is 4.99. The number of rotatable bonds is 5. The van der Waals surface area contributed by atoms with E-state index in [1.54, 1.807) is 0 Å². The van der Waals surface area contributed by atoms with Gasteiger partial charge in [-0.1, -0.05) is 20.8 Å². The number of carbonyl (C=O) groups is 2. The molecule has 1 heterocycles. The minimum Gasteiger partial charge on any atom is -0.339 e. The zero-order chi connectivity index (χ0) is 22.7. The highest BCUT2D eigenvalue weighted by atomic mass is 32.2. The van der Waals surface area contributed by atoms with Gasteiger partial charge in [0.05, 0.1) is 11.3 Å². The normalized spacial score (nSPS) is 16.4. The van der Waals surface area contributed by atoms with Gasteiger partial charge in [-0.05, 0) is 48.9 Å². The van der Waals surface area contributed by atoms with Gasteiger partial charge < -0.3 is 4.90 Å². The zero-order valence-corrected chi connectivity index (χ0v) is 18.1. The van der Waals surface area contributed by atoms with Crippen LogP contribution in [0.3, 0.4) is 0 Å². The van der Waals surface area contributed by atoms with Crippen LogP contribution in [0.1, 0.15) is 56.0 Å². The molecule has 1 N–H and O–H groups in total. The maximum absolute atomic E-state index is 12.6. The summed E-state index contributed by atoms with van der Waals surface area (Å²) < 4.78 is 64.3. The van der Waals surface area contributed by atoms with E-state index in [1.807, 2.05) is 20.8 Å². The predicted octanol–water partition coefficient (Wildman–Crippen LogP) is 3.44. The van der Waals surface area contributed by atoms with Crippen LogP contribution < -0.4 is 4.72 Å². The van der Waals surface area contributed by atoms with Gasteiger partial charge in [-0.25, -0.2) is 8.42 Å². The van der Waals surface area contributed by atoms with Gasteiger partial charge in [0.2, 0.25) is 15.9 Å². The maximum Gasteiger partial charge on any atom is 0.416 e. The minimum absolute atomic E-state index is 0.135. The first kappa shape index (κ1) is 24.2. The lowest BCUT2D eigenvalue weighted by Gasteiger charge is -2.31. The van der Waals surface area contributed by atoms with E-state index in [4.69, 9.17) is 0 Å². The molecular weight excluding hydrogens is 421 g/mol. The number of sulfonamides is 1. The van der Waals surface area contributed by atoms with Gasteiger partial charge >= 0.3 is 6.18 Å². The smallest absolute Gasteiger partial charge is 0.339 e. The molecule has 0 spiro atoms. The fourth-order valence-corrected chi connectivity index (χ4v) is 4.51. The van der Waals surface area contributed by atoms with Crippen LogP contribution in [0.2, 0.25) is 0 Å². The van der Waals surface area contributed by atoms with Crippen molar-refractivity contribution in [2.24, 2.45) is 11.3 Å². The Kier molecular flexibility index (Phi) is 7.21. The second kappa shape index (κ2) is 8.95. The molecule has 2 rings (SSSR count). The highest BCUT2D eigenvalue weighted by Crippen LogP contribution is 2.29. The van der Waals surface area contributed by atoms with E-state index in [1.165, 1.54) is 4.90 Å². The fourth-order valence-electron chi connectivity index (χ4n) is 3.06. The molecule has 1 aromatic rings.